The molecule has 1 saturated heterocycles. The van der Waals surface area contributed by atoms with Crippen molar-refractivity contribution in [2.75, 3.05) is 26.3 Å². The van der Waals surface area contributed by atoms with Gasteiger partial charge in [-0.25, -0.2) is 21.6 Å². The van der Waals surface area contributed by atoms with Gasteiger partial charge >= 0.3 is 0 Å². The van der Waals surface area contributed by atoms with E-state index in [4.69, 9.17) is 4.74 Å². The lowest BCUT2D eigenvalue weighted by Gasteiger charge is -2.25. The summed E-state index contributed by atoms with van der Waals surface area (Å²) in [5.41, 5.74) is 2.39. The third-order valence-electron chi connectivity index (χ3n) is 5.23. The minimum Gasteiger partial charge on any atom is -0.379 e. The number of nitrogens with one attached hydrogen (secondary N) is 1. The number of hydrogen-bond donors (Lipinski definition) is 1. The van der Waals surface area contributed by atoms with E-state index in [9.17, 15) is 16.8 Å². The molecular formula is C21H30N2O5S3. The Bertz CT molecular complexity index is 1130. The number of aryl methyl sites for hydroxylation is 2. The molecule has 31 heavy (non-hydrogen) atoms. The third-order valence-corrected chi connectivity index (χ3v) is 10.4. The van der Waals surface area contributed by atoms with Gasteiger partial charge in [0, 0.05) is 24.5 Å². The van der Waals surface area contributed by atoms with E-state index in [-0.39, 0.29) is 21.1 Å². The molecule has 2 aromatic rings. The Morgan fingerprint density at radius 3 is 2.16 bits per heavy atom. The molecule has 0 atom stereocenters. The standard InChI is InChI=1S/C21H30N2O5S3/c1-15-12-17(21(3,4)5)13-16(2)20(15)30(24,25)22-14-18-6-7-19(29-18)31(26,27)23-8-10-28-11-9-23/h6-7,12-13,22H,8-11,14H2,1-5H3. The van der Waals surface area contributed by atoms with Gasteiger partial charge in [-0.2, -0.15) is 4.31 Å². The van der Waals surface area contributed by atoms with E-state index >= 15 is 0 Å². The zero-order chi connectivity index (χ0) is 23.0. The van der Waals surface area contributed by atoms with Gasteiger partial charge in [0.2, 0.25) is 10.0 Å². The van der Waals surface area contributed by atoms with E-state index in [1.807, 2.05) is 12.1 Å². The van der Waals surface area contributed by atoms with E-state index in [2.05, 4.69) is 25.5 Å². The van der Waals surface area contributed by atoms with Crippen LogP contribution in [0.4, 0.5) is 0 Å². The summed E-state index contributed by atoms with van der Waals surface area (Å²) in [5.74, 6) is 0. The summed E-state index contributed by atoms with van der Waals surface area (Å²) in [5, 5.41) is 0. The van der Waals surface area contributed by atoms with Crippen molar-refractivity contribution in [3.63, 3.8) is 0 Å². The molecule has 10 heteroatoms. The number of ether oxygens (including phenoxy) is 1. The molecule has 1 aromatic carbocycles. The zero-order valence-electron chi connectivity index (χ0n) is 18.6. The van der Waals surface area contributed by atoms with Crippen LogP contribution in [-0.2, 0) is 36.7 Å². The molecule has 2 heterocycles. The van der Waals surface area contributed by atoms with Crippen LogP contribution >= 0.6 is 11.3 Å². The Kier molecular flexibility index (Phi) is 7.00. The fraction of sp³-hybridized carbons (Fsp3) is 0.524. The van der Waals surface area contributed by atoms with Crippen molar-refractivity contribution < 1.29 is 21.6 Å². The van der Waals surface area contributed by atoms with Crippen LogP contribution in [-0.4, -0.2) is 47.4 Å². The van der Waals surface area contributed by atoms with E-state index in [1.165, 1.54) is 10.4 Å². The quantitative estimate of drug-likeness (QED) is 0.677. The van der Waals surface area contributed by atoms with Gasteiger partial charge in [-0.3, -0.25) is 0 Å². The van der Waals surface area contributed by atoms with Crippen LogP contribution in [0, 0.1) is 13.8 Å². The fourth-order valence-electron chi connectivity index (χ4n) is 3.55. The maximum absolute atomic E-state index is 13.0. The number of sulfonamides is 2. The molecule has 1 aliphatic heterocycles. The summed E-state index contributed by atoms with van der Waals surface area (Å²) in [6, 6.07) is 7.02. The highest BCUT2D eigenvalue weighted by Crippen LogP contribution is 2.30. The smallest absolute Gasteiger partial charge is 0.252 e. The van der Waals surface area contributed by atoms with Crippen LogP contribution in [0.5, 0.6) is 0 Å². The first-order valence-corrected chi connectivity index (χ1v) is 13.8. The molecule has 172 valence electrons. The Labute approximate surface area is 189 Å². The lowest BCUT2D eigenvalue weighted by molar-refractivity contribution is 0.0731. The average molecular weight is 487 g/mol. The first-order valence-electron chi connectivity index (χ1n) is 10.1. The molecule has 0 aliphatic carbocycles. The summed E-state index contributed by atoms with van der Waals surface area (Å²) in [6.45, 7) is 11.3. The van der Waals surface area contributed by atoms with Crippen LogP contribution in [0.15, 0.2) is 33.4 Å². The van der Waals surface area contributed by atoms with Crippen molar-refractivity contribution in [1.82, 2.24) is 9.03 Å². The maximum Gasteiger partial charge on any atom is 0.252 e. The topological polar surface area (TPSA) is 92.8 Å². The highest BCUT2D eigenvalue weighted by Gasteiger charge is 2.28. The maximum atomic E-state index is 13.0. The average Bonchev–Trinajstić information content (AvgIpc) is 3.16. The number of benzene rings is 1. The van der Waals surface area contributed by atoms with Gasteiger partial charge in [0.05, 0.1) is 18.1 Å². The lowest BCUT2D eigenvalue weighted by atomic mass is 9.85. The summed E-state index contributed by atoms with van der Waals surface area (Å²) in [7, 11) is -7.33. The summed E-state index contributed by atoms with van der Waals surface area (Å²) >= 11 is 1.09. The predicted molar refractivity (Wildman–Crippen MR) is 123 cm³/mol. The number of rotatable bonds is 6. The van der Waals surface area contributed by atoms with E-state index < -0.39 is 20.0 Å². The van der Waals surface area contributed by atoms with Gasteiger partial charge in [-0.15, -0.1) is 11.3 Å². The van der Waals surface area contributed by atoms with E-state index in [0.29, 0.717) is 42.3 Å². The predicted octanol–water partition coefficient (Wildman–Crippen LogP) is 3.16. The first kappa shape index (κ1) is 24.3. The molecule has 0 bridgehead atoms. The number of thiophene rings is 1. The largest absolute Gasteiger partial charge is 0.379 e. The molecule has 3 rings (SSSR count). The molecule has 0 saturated carbocycles. The molecule has 0 spiro atoms. The van der Waals surface area contributed by atoms with E-state index in [0.717, 1.165) is 16.9 Å². The summed E-state index contributed by atoms with van der Waals surface area (Å²) in [6.07, 6.45) is 0. The highest BCUT2D eigenvalue weighted by molar-refractivity contribution is 7.91. The minimum atomic E-state index is -3.75. The number of hydrogen-bond acceptors (Lipinski definition) is 6. The van der Waals surface area contributed by atoms with Crippen molar-refractivity contribution >= 4 is 31.4 Å². The van der Waals surface area contributed by atoms with Gasteiger partial charge in [0.1, 0.15) is 4.21 Å². The summed E-state index contributed by atoms with van der Waals surface area (Å²) < 4.78 is 61.0. The normalized spacial score (nSPS) is 16.5. The molecule has 7 nitrogen and oxygen atoms in total. The Hall–Kier alpha value is -1.30. The first-order chi connectivity index (χ1) is 14.3. The highest BCUT2D eigenvalue weighted by atomic mass is 32.2. The molecule has 0 amide bonds. The van der Waals surface area contributed by atoms with Crippen LogP contribution < -0.4 is 4.72 Å². The molecule has 1 fully saturated rings. The van der Waals surface area contributed by atoms with Crippen molar-refractivity contribution in [3.05, 3.63) is 45.8 Å². The Morgan fingerprint density at radius 1 is 1.03 bits per heavy atom. The Morgan fingerprint density at radius 2 is 1.61 bits per heavy atom. The van der Waals surface area contributed by atoms with Crippen molar-refractivity contribution in [1.29, 1.82) is 0 Å². The molecule has 1 N–H and O–H groups in total. The van der Waals surface area contributed by atoms with Gasteiger partial charge < -0.3 is 4.74 Å². The molecule has 0 unspecified atom stereocenters. The van der Waals surface area contributed by atoms with Gasteiger partial charge in [-0.05, 0) is 48.1 Å². The van der Waals surface area contributed by atoms with Crippen molar-refractivity contribution in [3.8, 4) is 0 Å². The molecular weight excluding hydrogens is 456 g/mol. The van der Waals surface area contributed by atoms with Crippen molar-refractivity contribution in [2.45, 2.75) is 55.7 Å². The minimum absolute atomic E-state index is 0.0333. The number of nitrogens with zero attached hydrogens (tertiary/aromatic N) is 1. The van der Waals surface area contributed by atoms with Crippen LogP contribution in [0.1, 0.15) is 42.3 Å². The number of morpholine rings is 1. The van der Waals surface area contributed by atoms with E-state index in [1.54, 1.807) is 19.9 Å². The summed E-state index contributed by atoms with van der Waals surface area (Å²) in [4.78, 5) is 0.912. The second-order valence-corrected chi connectivity index (χ2v) is 13.8. The monoisotopic (exact) mass is 486 g/mol. The molecule has 0 radical (unpaired) electrons. The molecule has 1 aliphatic rings. The fourth-order valence-corrected chi connectivity index (χ4v) is 7.96. The van der Waals surface area contributed by atoms with Gasteiger partial charge in [0.25, 0.3) is 10.0 Å². The van der Waals surface area contributed by atoms with Gasteiger partial charge in [0.15, 0.2) is 0 Å². The van der Waals surface area contributed by atoms with Crippen molar-refractivity contribution in [2.24, 2.45) is 0 Å². The lowest BCUT2D eigenvalue weighted by Crippen LogP contribution is -2.40. The van der Waals surface area contributed by atoms with Crippen LogP contribution in [0.3, 0.4) is 0 Å². The SMILES string of the molecule is Cc1cc(C(C)(C)C)cc(C)c1S(=O)(=O)NCc1ccc(S(=O)(=O)N2CCOCC2)s1. The Balaban J connectivity index is 1.77. The second-order valence-electron chi connectivity index (χ2n) is 8.75. The molecule has 1 aromatic heterocycles. The van der Waals surface area contributed by atoms with Gasteiger partial charge in [-0.1, -0.05) is 32.9 Å². The second kappa shape index (κ2) is 8.92. The third kappa shape index (κ3) is 5.37. The van der Waals surface area contributed by atoms with Crippen LogP contribution in [0.2, 0.25) is 0 Å². The zero-order valence-corrected chi connectivity index (χ0v) is 21.0. The van der Waals surface area contributed by atoms with Crippen LogP contribution in [0.25, 0.3) is 0 Å².